The number of benzene rings is 1. The lowest BCUT2D eigenvalue weighted by Gasteiger charge is -2.09. The van der Waals surface area contributed by atoms with Crippen molar-refractivity contribution in [3.05, 3.63) is 48.3 Å². The van der Waals surface area contributed by atoms with Crippen LogP contribution in [0.15, 0.2) is 47.5 Å². The predicted molar refractivity (Wildman–Crippen MR) is 76.9 cm³/mol. The number of rotatable bonds is 3. The summed E-state index contributed by atoms with van der Waals surface area (Å²) < 4.78 is 23.6. The van der Waals surface area contributed by atoms with Crippen LogP contribution in [0.2, 0.25) is 0 Å². The summed E-state index contributed by atoms with van der Waals surface area (Å²) in [5.41, 5.74) is 2.53. The molecule has 0 unspecified atom stereocenters. The number of hydrogen-bond acceptors (Lipinski definition) is 3. The smallest absolute Gasteiger partial charge is 0.176 e. The molecule has 0 bridgehead atoms. The molecule has 0 spiro atoms. The van der Waals surface area contributed by atoms with Gasteiger partial charge in [0.05, 0.1) is 4.90 Å². The van der Waals surface area contributed by atoms with Crippen molar-refractivity contribution in [2.24, 2.45) is 0 Å². The molecule has 0 saturated carbocycles. The van der Waals surface area contributed by atoms with Crippen molar-refractivity contribution in [3.63, 3.8) is 0 Å². The first-order chi connectivity index (χ1) is 8.89. The van der Waals surface area contributed by atoms with E-state index in [1.165, 1.54) is 6.26 Å². The maximum absolute atomic E-state index is 11.8. The summed E-state index contributed by atoms with van der Waals surface area (Å²) in [5, 5.41) is 0. The average Bonchev–Trinajstić information content (AvgIpc) is 2.38. The lowest BCUT2D eigenvalue weighted by atomic mass is 10.1. The second-order valence-electron chi connectivity index (χ2n) is 4.89. The van der Waals surface area contributed by atoms with Crippen LogP contribution < -0.4 is 0 Å². The summed E-state index contributed by atoms with van der Waals surface area (Å²) in [6.45, 7) is 4.15. The molecule has 4 heteroatoms. The van der Waals surface area contributed by atoms with E-state index < -0.39 is 9.84 Å². The summed E-state index contributed by atoms with van der Waals surface area (Å²) >= 11 is 0. The minimum atomic E-state index is -3.24. The van der Waals surface area contributed by atoms with Gasteiger partial charge in [0.25, 0.3) is 0 Å². The predicted octanol–water partition coefficient (Wildman–Crippen LogP) is 3.28. The highest BCUT2D eigenvalue weighted by Crippen LogP contribution is 2.27. The normalized spacial score (nSPS) is 11.8. The van der Waals surface area contributed by atoms with Gasteiger partial charge in [0, 0.05) is 29.3 Å². The zero-order valence-corrected chi connectivity index (χ0v) is 12.1. The van der Waals surface area contributed by atoms with Gasteiger partial charge in [0.1, 0.15) is 0 Å². The largest absolute Gasteiger partial charge is 0.260 e. The second-order valence-corrected chi connectivity index (χ2v) is 6.88. The van der Waals surface area contributed by atoms with Crippen molar-refractivity contribution in [3.8, 4) is 11.1 Å². The summed E-state index contributed by atoms with van der Waals surface area (Å²) in [7, 11) is -3.24. The number of aromatic nitrogens is 1. The second kappa shape index (κ2) is 5.13. The molecule has 0 amide bonds. The SMILES string of the molecule is CC(C)c1ccc(-c2ccccc2S(C)(=O)=O)cn1. The molecule has 0 fully saturated rings. The molecule has 0 saturated heterocycles. The minimum Gasteiger partial charge on any atom is -0.260 e. The first-order valence-corrected chi connectivity index (χ1v) is 8.04. The standard InChI is InChI=1S/C15H17NO2S/c1-11(2)14-9-8-12(10-16-14)13-6-4-5-7-15(13)19(3,17)18/h4-11H,1-3H3. The van der Waals surface area contributed by atoms with Crippen LogP contribution in [0.1, 0.15) is 25.5 Å². The fraction of sp³-hybridized carbons (Fsp3) is 0.267. The van der Waals surface area contributed by atoms with Crippen molar-refractivity contribution in [2.75, 3.05) is 6.26 Å². The third-order valence-electron chi connectivity index (χ3n) is 2.98. The Morgan fingerprint density at radius 2 is 1.74 bits per heavy atom. The van der Waals surface area contributed by atoms with E-state index in [1.807, 2.05) is 24.3 Å². The fourth-order valence-corrected chi connectivity index (χ4v) is 2.85. The molecule has 2 rings (SSSR count). The van der Waals surface area contributed by atoms with E-state index in [-0.39, 0.29) is 0 Å². The van der Waals surface area contributed by atoms with Gasteiger partial charge >= 0.3 is 0 Å². The van der Waals surface area contributed by atoms with Gasteiger partial charge in [-0.05, 0) is 18.1 Å². The number of sulfone groups is 1. The van der Waals surface area contributed by atoms with Crippen LogP contribution in [-0.2, 0) is 9.84 Å². The van der Waals surface area contributed by atoms with Crippen molar-refractivity contribution in [1.29, 1.82) is 0 Å². The quantitative estimate of drug-likeness (QED) is 0.863. The van der Waals surface area contributed by atoms with Gasteiger partial charge in [0.15, 0.2) is 9.84 Å². The van der Waals surface area contributed by atoms with Gasteiger partial charge in [-0.1, -0.05) is 38.1 Å². The Labute approximate surface area is 114 Å². The Balaban J connectivity index is 2.54. The number of hydrogen-bond donors (Lipinski definition) is 0. The Morgan fingerprint density at radius 3 is 2.26 bits per heavy atom. The first kappa shape index (κ1) is 13.7. The molecular weight excluding hydrogens is 258 g/mol. The summed E-state index contributed by atoms with van der Waals surface area (Å²) in [5.74, 6) is 0.360. The maximum atomic E-state index is 11.8. The highest BCUT2D eigenvalue weighted by Gasteiger charge is 2.14. The van der Waals surface area contributed by atoms with Crippen LogP contribution in [0.25, 0.3) is 11.1 Å². The van der Waals surface area contributed by atoms with Crippen LogP contribution in [0.4, 0.5) is 0 Å². The lowest BCUT2D eigenvalue weighted by molar-refractivity contribution is 0.602. The summed E-state index contributed by atoms with van der Waals surface area (Å²) in [6, 6.07) is 10.9. The van der Waals surface area contributed by atoms with Gasteiger partial charge < -0.3 is 0 Å². The van der Waals surface area contributed by atoms with Gasteiger partial charge in [-0.25, -0.2) is 8.42 Å². The van der Waals surface area contributed by atoms with Crippen LogP contribution in [0.5, 0.6) is 0 Å². The van der Waals surface area contributed by atoms with E-state index in [1.54, 1.807) is 18.3 Å². The molecule has 0 aliphatic carbocycles. The third kappa shape index (κ3) is 3.01. The molecule has 1 aromatic carbocycles. The summed E-state index contributed by atoms with van der Waals surface area (Å²) in [6.07, 6.45) is 2.96. The van der Waals surface area contributed by atoms with Crippen LogP contribution in [0, 0.1) is 0 Å². The average molecular weight is 275 g/mol. The van der Waals surface area contributed by atoms with E-state index in [2.05, 4.69) is 18.8 Å². The zero-order valence-electron chi connectivity index (χ0n) is 11.3. The van der Waals surface area contributed by atoms with Crippen molar-refractivity contribution < 1.29 is 8.42 Å². The van der Waals surface area contributed by atoms with Crippen LogP contribution in [-0.4, -0.2) is 19.7 Å². The Bertz CT molecular complexity index is 674. The van der Waals surface area contributed by atoms with E-state index in [0.717, 1.165) is 11.3 Å². The van der Waals surface area contributed by atoms with Crippen molar-refractivity contribution >= 4 is 9.84 Å². The van der Waals surface area contributed by atoms with Gasteiger partial charge in [-0.2, -0.15) is 0 Å². The van der Waals surface area contributed by atoms with Gasteiger partial charge in [-0.15, -0.1) is 0 Å². The molecule has 0 radical (unpaired) electrons. The monoisotopic (exact) mass is 275 g/mol. The van der Waals surface area contributed by atoms with E-state index in [9.17, 15) is 8.42 Å². The first-order valence-electron chi connectivity index (χ1n) is 6.15. The zero-order chi connectivity index (χ0) is 14.0. The van der Waals surface area contributed by atoms with Crippen molar-refractivity contribution in [1.82, 2.24) is 4.98 Å². The molecule has 2 aromatic rings. The molecule has 0 aliphatic rings. The van der Waals surface area contributed by atoms with Gasteiger partial charge in [-0.3, -0.25) is 4.98 Å². The van der Waals surface area contributed by atoms with Gasteiger partial charge in [0.2, 0.25) is 0 Å². The van der Waals surface area contributed by atoms with Crippen LogP contribution in [0.3, 0.4) is 0 Å². The lowest BCUT2D eigenvalue weighted by Crippen LogP contribution is -2.00. The Hall–Kier alpha value is -1.68. The molecule has 0 atom stereocenters. The molecule has 100 valence electrons. The highest BCUT2D eigenvalue weighted by atomic mass is 32.2. The molecule has 0 aliphatic heterocycles. The number of pyridine rings is 1. The molecule has 1 aromatic heterocycles. The van der Waals surface area contributed by atoms with Crippen molar-refractivity contribution in [2.45, 2.75) is 24.7 Å². The minimum absolute atomic E-state index is 0.342. The van der Waals surface area contributed by atoms with E-state index >= 15 is 0 Å². The summed E-state index contributed by atoms with van der Waals surface area (Å²) in [4.78, 5) is 4.72. The number of nitrogens with zero attached hydrogens (tertiary/aromatic N) is 1. The molecule has 1 heterocycles. The Kier molecular flexibility index (Phi) is 3.71. The fourth-order valence-electron chi connectivity index (χ4n) is 1.93. The molecule has 0 N–H and O–H groups in total. The molecular formula is C15H17NO2S. The maximum Gasteiger partial charge on any atom is 0.176 e. The highest BCUT2D eigenvalue weighted by molar-refractivity contribution is 7.90. The Morgan fingerprint density at radius 1 is 1.05 bits per heavy atom. The van der Waals surface area contributed by atoms with Crippen LogP contribution >= 0.6 is 0 Å². The molecule has 3 nitrogen and oxygen atoms in total. The van der Waals surface area contributed by atoms with E-state index in [0.29, 0.717) is 16.4 Å². The molecule has 19 heavy (non-hydrogen) atoms. The third-order valence-corrected chi connectivity index (χ3v) is 4.13. The van der Waals surface area contributed by atoms with E-state index in [4.69, 9.17) is 0 Å². The topological polar surface area (TPSA) is 47.0 Å².